The largest absolute Gasteiger partial charge is 0.353 e. The molecule has 1 aliphatic rings. The van der Waals surface area contributed by atoms with Crippen molar-refractivity contribution in [1.82, 2.24) is 10.6 Å². The maximum atomic E-state index is 11.8. The summed E-state index contributed by atoms with van der Waals surface area (Å²) in [6, 6.07) is 0.303. The van der Waals surface area contributed by atoms with Crippen molar-refractivity contribution in [2.45, 2.75) is 32.7 Å². The summed E-state index contributed by atoms with van der Waals surface area (Å²) in [7, 11) is 0. The minimum atomic E-state index is 0.236. The van der Waals surface area contributed by atoms with Crippen LogP contribution in [0.5, 0.6) is 0 Å². The van der Waals surface area contributed by atoms with Crippen molar-refractivity contribution in [2.24, 2.45) is 5.92 Å². The highest BCUT2D eigenvalue weighted by molar-refractivity contribution is 7.99. The molecule has 0 aromatic carbocycles. The molecule has 0 aromatic rings. The molecule has 4 heteroatoms. The standard InChI is InChI=1S/C11H22N2OS/c1-3-15-8-9(2)13-11(14)10-4-6-12-7-5-10/h9-10,12H,3-8H2,1-2H3,(H,13,14). The highest BCUT2D eigenvalue weighted by atomic mass is 32.2. The number of carbonyl (C=O) groups is 1. The number of nitrogens with one attached hydrogen (secondary N) is 2. The van der Waals surface area contributed by atoms with Crippen molar-refractivity contribution >= 4 is 17.7 Å². The lowest BCUT2D eigenvalue weighted by atomic mass is 9.97. The number of piperidine rings is 1. The summed E-state index contributed by atoms with van der Waals surface area (Å²) in [5, 5.41) is 6.37. The van der Waals surface area contributed by atoms with Crippen LogP contribution in [0, 0.1) is 5.92 Å². The van der Waals surface area contributed by atoms with Gasteiger partial charge in [-0.3, -0.25) is 4.79 Å². The predicted octanol–water partition coefficient (Wildman–Crippen LogP) is 1.24. The van der Waals surface area contributed by atoms with Crippen LogP contribution in [0.15, 0.2) is 0 Å². The molecule has 0 aromatic heterocycles. The summed E-state index contributed by atoms with van der Waals surface area (Å²) in [5.41, 5.74) is 0. The Morgan fingerprint density at radius 1 is 1.53 bits per heavy atom. The molecule has 1 aliphatic heterocycles. The molecule has 88 valence electrons. The Hall–Kier alpha value is -0.220. The molecular weight excluding hydrogens is 208 g/mol. The Morgan fingerprint density at radius 3 is 2.80 bits per heavy atom. The van der Waals surface area contributed by atoms with E-state index in [-0.39, 0.29) is 11.8 Å². The molecule has 1 rings (SSSR count). The van der Waals surface area contributed by atoms with Gasteiger partial charge in [0.05, 0.1) is 0 Å². The van der Waals surface area contributed by atoms with Gasteiger partial charge >= 0.3 is 0 Å². The monoisotopic (exact) mass is 230 g/mol. The zero-order valence-electron chi connectivity index (χ0n) is 9.71. The number of amides is 1. The van der Waals surface area contributed by atoms with Gasteiger partial charge in [0.15, 0.2) is 0 Å². The second-order valence-corrected chi connectivity index (χ2v) is 5.41. The average molecular weight is 230 g/mol. The number of hydrogen-bond acceptors (Lipinski definition) is 3. The topological polar surface area (TPSA) is 41.1 Å². The Labute approximate surface area is 96.8 Å². The van der Waals surface area contributed by atoms with Crippen LogP contribution in [0.3, 0.4) is 0 Å². The Kier molecular flexibility index (Phi) is 6.10. The molecule has 15 heavy (non-hydrogen) atoms. The summed E-state index contributed by atoms with van der Waals surface area (Å²) >= 11 is 1.88. The van der Waals surface area contributed by atoms with Crippen LogP contribution >= 0.6 is 11.8 Å². The Balaban J connectivity index is 2.21. The third-order valence-electron chi connectivity index (χ3n) is 2.67. The van der Waals surface area contributed by atoms with E-state index < -0.39 is 0 Å². The number of carbonyl (C=O) groups excluding carboxylic acids is 1. The van der Waals surface area contributed by atoms with E-state index in [0.29, 0.717) is 6.04 Å². The van der Waals surface area contributed by atoms with Crippen molar-refractivity contribution in [2.75, 3.05) is 24.6 Å². The quantitative estimate of drug-likeness (QED) is 0.747. The lowest BCUT2D eigenvalue weighted by molar-refractivity contribution is -0.126. The average Bonchev–Trinajstić information content (AvgIpc) is 2.27. The van der Waals surface area contributed by atoms with Crippen LogP contribution in [0.4, 0.5) is 0 Å². The molecule has 0 saturated carbocycles. The number of rotatable bonds is 5. The van der Waals surface area contributed by atoms with Crippen LogP contribution in [-0.2, 0) is 4.79 Å². The normalized spacial score (nSPS) is 19.9. The molecule has 1 fully saturated rings. The number of hydrogen-bond donors (Lipinski definition) is 2. The summed E-state index contributed by atoms with van der Waals surface area (Å²) in [6.07, 6.45) is 1.97. The highest BCUT2D eigenvalue weighted by Crippen LogP contribution is 2.12. The summed E-state index contributed by atoms with van der Waals surface area (Å²) in [4.78, 5) is 11.8. The maximum Gasteiger partial charge on any atom is 0.223 e. The summed E-state index contributed by atoms with van der Waals surface area (Å²) in [6.45, 7) is 6.19. The highest BCUT2D eigenvalue weighted by Gasteiger charge is 2.21. The zero-order valence-corrected chi connectivity index (χ0v) is 10.5. The SMILES string of the molecule is CCSCC(C)NC(=O)C1CCNCC1. The molecular formula is C11H22N2OS. The first-order valence-electron chi connectivity index (χ1n) is 5.83. The van der Waals surface area contributed by atoms with Crippen molar-refractivity contribution in [3.05, 3.63) is 0 Å². The molecule has 3 nitrogen and oxygen atoms in total. The van der Waals surface area contributed by atoms with Crippen LogP contribution in [-0.4, -0.2) is 36.5 Å². The van der Waals surface area contributed by atoms with E-state index in [9.17, 15) is 4.79 Å². The first-order chi connectivity index (χ1) is 7.24. The molecule has 1 heterocycles. The van der Waals surface area contributed by atoms with Crippen molar-refractivity contribution in [1.29, 1.82) is 0 Å². The molecule has 1 saturated heterocycles. The van der Waals surface area contributed by atoms with Crippen molar-refractivity contribution < 1.29 is 4.79 Å². The molecule has 0 radical (unpaired) electrons. The van der Waals surface area contributed by atoms with Gasteiger partial charge in [-0.05, 0) is 38.6 Å². The second kappa shape index (κ2) is 7.12. The number of thioether (sulfide) groups is 1. The molecule has 0 aliphatic carbocycles. The minimum Gasteiger partial charge on any atom is -0.353 e. The Bertz CT molecular complexity index is 193. The van der Waals surface area contributed by atoms with Gasteiger partial charge in [0.2, 0.25) is 5.91 Å². The van der Waals surface area contributed by atoms with Gasteiger partial charge in [-0.2, -0.15) is 11.8 Å². The summed E-state index contributed by atoms with van der Waals surface area (Å²) < 4.78 is 0. The van der Waals surface area contributed by atoms with Crippen LogP contribution in [0.2, 0.25) is 0 Å². The van der Waals surface area contributed by atoms with Crippen molar-refractivity contribution in [3.63, 3.8) is 0 Å². The molecule has 0 spiro atoms. The predicted molar refractivity (Wildman–Crippen MR) is 66.2 cm³/mol. The van der Waals surface area contributed by atoms with Gasteiger partial charge < -0.3 is 10.6 Å². The maximum absolute atomic E-state index is 11.8. The van der Waals surface area contributed by atoms with Gasteiger partial charge in [0, 0.05) is 17.7 Å². The van der Waals surface area contributed by atoms with Crippen LogP contribution in [0.1, 0.15) is 26.7 Å². The van der Waals surface area contributed by atoms with E-state index in [1.807, 2.05) is 11.8 Å². The van der Waals surface area contributed by atoms with Gasteiger partial charge in [-0.15, -0.1) is 0 Å². The first kappa shape index (κ1) is 12.8. The van der Waals surface area contributed by atoms with E-state index in [1.54, 1.807) is 0 Å². The molecule has 0 bridgehead atoms. The lowest BCUT2D eigenvalue weighted by Crippen LogP contribution is -2.42. The van der Waals surface area contributed by atoms with Gasteiger partial charge in [-0.1, -0.05) is 6.92 Å². The Morgan fingerprint density at radius 2 is 2.20 bits per heavy atom. The third kappa shape index (κ3) is 4.89. The van der Waals surface area contributed by atoms with Crippen molar-refractivity contribution in [3.8, 4) is 0 Å². The first-order valence-corrected chi connectivity index (χ1v) is 6.98. The fraction of sp³-hybridized carbons (Fsp3) is 0.909. The van der Waals surface area contributed by atoms with Gasteiger partial charge in [-0.25, -0.2) is 0 Å². The molecule has 2 N–H and O–H groups in total. The van der Waals surface area contributed by atoms with Crippen LogP contribution in [0.25, 0.3) is 0 Å². The smallest absolute Gasteiger partial charge is 0.223 e. The second-order valence-electron chi connectivity index (χ2n) is 4.09. The molecule has 1 amide bonds. The molecule has 1 atom stereocenters. The summed E-state index contributed by atoms with van der Waals surface area (Å²) in [5.74, 6) is 2.63. The zero-order chi connectivity index (χ0) is 11.1. The third-order valence-corrected chi connectivity index (χ3v) is 3.81. The van der Waals surface area contributed by atoms with Gasteiger partial charge in [0.25, 0.3) is 0 Å². The lowest BCUT2D eigenvalue weighted by Gasteiger charge is -2.23. The van der Waals surface area contributed by atoms with E-state index in [1.165, 1.54) is 0 Å². The fourth-order valence-corrected chi connectivity index (χ4v) is 2.45. The van der Waals surface area contributed by atoms with E-state index in [2.05, 4.69) is 24.5 Å². The minimum absolute atomic E-state index is 0.236. The van der Waals surface area contributed by atoms with E-state index >= 15 is 0 Å². The van der Waals surface area contributed by atoms with Crippen LogP contribution < -0.4 is 10.6 Å². The van der Waals surface area contributed by atoms with E-state index in [0.717, 1.165) is 37.4 Å². The molecule has 1 unspecified atom stereocenters. The van der Waals surface area contributed by atoms with Gasteiger partial charge in [0.1, 0.15) is 0 Å². The van der Waals surface area contributed by atoms with E-state index in [4.69, 9.17) is 0 Å². The fourth-order valence-electron chi connectivity index (χ4n) is 1.78.